The van der Waals surface area contributed by atoms with Gasteiger partial charge in [-0.15, -0.1) is 0 Å². The van der Waals surface area contributed by atoms with Crippen LogP contribution < -0.4 is 5.32 Å². The second kappa shape index (κ2) is 8.69. The number of benzene rings is 1. The van der Waals surface area contributed by atoms with E-state index in [-0.39, 0.29) is 25.1 Å². The molecule has 0 aliphatic rings. The van der Waals surface area contributed by atoms with E-state index in [0.29, 0.717) is 12.5 Å². The van der Waals surface area contributed by atoms with E-state index in [1.54, 1.807) is 0 Å². The Bertz CT molecular complexity index is 466. The van der Waals surface area contributed by atoms with E-state index in [1.807, 2.05) is 13.8 Å². The monoisotopic (exact) mass is 301 g/mol. The lowest BCUT2D eigenvalue weighted by Gasteiger charge is -2.13. The molecule has 0 radical (unpaired) electrons. The van der Waals surface area contributed by atoms with Crippen molar-refractivity contribution in [2.45, 2.75) is 26.4 Å². The van der Waals surface area contributed by atoms with Crippen LogP contribution in [0.25, 0.3) is 0 Å². The Kier molecular flexibility index (Phi) is 7.25. The highest BCUT2D eigenvalue weighted by Gasteiger charge is 2.11. The molecule has 0 spiro atoms. The Morgan fingerprint density at radius 1 is 1.33 bits per heavy atom. The SMILES string of the molecule is CC(C)COCC(O)CNC(=O)Cc1ccc(F)cc1F. The summed E-state index contributed by atoms with van der Waals surface area (Å²) in [6.45, 7) is 4.67. The molecule has 0 aliphatic carbocycles. The van der Waals surface area contributed by atoms with Gasteiger partial charge < -0.3 is 15.2 Å². The number of carbonyl (C=O) groups excluding carboxylic acids is 1. The first kappa shape index (κ1) is 17.5. The number of ether oxygens (including phenoxy) is 1. The molecule has 0 fully saturated rings. The summed E-state index contributed by atoms with van der Waals surface area (Å²) >= 11 is 0. The topological polar surface area (TPSA) is 58.6 Å². The van der Waals surface area contributed by atoms with Gasteiger partial charge in [0.05, 0.1) is 19.1 Å². The summed E-state index contributed by atoms with van der Waals surface area (Å²) < 4.78 is 31.3. The number of hydrogen-bond acceptors (Lipinski definition) is 3. The number of nitrogens with one attached hydrogen (secondary N) is 1. The molecule has 1 aromatic rings. The molecule has 1 aromatic carbocycles. The van der Waals surface area contributed by atoms with E-state index in [4.69, 9.17) is 4.74 Å². The quantitative estimate of drug-likeness (QED) is 0.768. The van der Waals surface area contributed by atoms with Crippen LogP contribution in [-0.2, 0) is 16.0 Å². The molecule has 0 heterocycles. The normalized spacial score (nSPS) is 12.5. The Hall–Kier alpha value is -1.53. The van der Waals surface area contributed by atoms with Gasteiger partial charge in [-0.1, -0.05) is 19.9 Å². The predicted octanol–water partition coefficient (Wildman–Crippen LogP) is 1.66. The zero-order valence-electron chi connectivity index (χ0n) is 12.2. The van der Waals surface area contributed by atoms with Crippen molar-refractivity contribution in [1.82, 2.24) is 5.32 Å². The summed E-state index contributed by atoms with van der Waals surface area (Å²) in [5.41, 5.74) is 0.111. The van der Waals surface area contributed by atoms with Gasteiger partial charge in [-0.2, -0.15) is 0 Å². The van der Waals surface area contributed by atoms with Crippen molar-refractivity contribution in [2.75, 3.05) is 19.8 Å². The van der Waals surface area contributed by atoms with Crippen LogP contribution in [0.3, 0.4) is 0 Å². The third kappa shape index (κ3) is 7.15. The summed E-state index contributed by atoms with van der Waals surface area (Å²) in [5.74, 6) is -1.52. The number of carbonyl (C=O) groups is 1. The lowest BCUT2D eigenvalue weighted by molar-refractivity contribution is -0.121. The Morgan fingerprint density at radius 3 is 2.67 bits per heavy atom. The summed E-state index contributed by atoms with van der Waals surface area (Å²) in [6.07, 6.45) is -1.02. The first-order valence-corrected chi connectivity index (χ1v) is 6.85. The molecule has 0 saturated carbocycles. The molecule has 1 unspecified atom stereocenters. The average Bonchev–Trinajstić information content (AvgIpc) is 2.39. The van der Waals surface area contributed by atoms with Gasteiger partial charge in [0, 0.05) is 19.2 Å². The smallest absolute Gasteiger partial charge is 0.224 e. The fourth-order valence-electron chi connectivity index (χ4n) is 1.63. The van der Waals surface area contributed by atoms with Crippen LogP contribution in [0.2, 0.25) is 0 Å². The van der Waals surface area contributed by atoms with Crippen molar-refractivity contribution >= 4 is 5.91 Å². The molecule has 0 saturated heterocycles. The molecular formula is C15H21F2NO3. The third-order valence-electron chi connectivity index (χ3n) is 2.66. The van der Waals surface area contributed by atoms with Crippen LogP contribution in [0.4, 0.5) is 8.78 Å². The van der Waals surface area contributed by atoms with Crippen LogP contribution >= 0.6 is 0 Å². The first-order chi connectivity index (χ1) is 9.88. The van der Waals surface area contributed by atoms with Crippen molar-refractivity contribution in [2.24, 2.45) is 5.92 Å². The summed E-state index contributed by atoms with van der Waals surface area (Å²) in [7, 11) is 0. The lowest BCUT2D eigenvalue weighted by Crippen LogP contribution is -2.35. The minimum absolute atomic E-state index is 0.0275. The molecule has 1 amide bonds. The third-order valence-corrected chi connectivity index (χ3v) is 2.66. The van der Waals surface area contributed by atoms with Gasteiger partial charge in [0.15, 0.2) is 0 Å². The van der Waals surface area contributed by atoms with Crippen LogP contribution in [0.1, 0.15) is 19.4 Å². The van der Waals surface area contributed by atoms with Crippen molar-refractivity contribution in [3.63, 3.8) is 0 Å². The van der Waals surface area contributed by atoms with E-state index < -0.39 is 23.6 Å². The Labute approximate surface area is 123 Å². The number of aliphatic hydroxyl groups is 1. The second-order valence-corrected chi connectivity index (χ2v) is 5.30. The van der Waals surface area contributed by atoms with Crippen molar-refractivity contribution in [3.8, 4) is 0 Å². The zero-order chi connectivity index (χ0) is 15.8. The van der Waals surface area contributed by atoms with E-state index in [0.717, 1.165) is 12.1 Å². The fourth-order valence-corrected chi connectivity index (χ4v) is 1.63. The Morgan fingerprint density at radius 2 is 2.05 bits per heavy atom. The second-order valence-electron chi connectivity index (χ2n) is 5.30. The predicted molar refractivity (Wildman–Crippen MR) is 74.7 cm³/mol. The molecule has 0 aliphatic heterocycles. The van der Waals surface area contributed by atoms with Gasteiger partial charge in [-0.05, 0) is 17.5 Å². The van der Waals surface area contributed by atoms with Gasteiger partial charge in [0.2, 0.25) is 5.91 Å². The largest absolute Gasteiger partial charge is 0.389 e. The number of aliphatic hydroxyl groups excluding tert-OH is 1. The van der Waals surface area contributed by atoms with Crippen molar-refractivity contribution in [1.29, 1.82) is 0 Å². The van der Waals surface area contributed by atoms with Gasteiger partial charge >= 0.3 is 0 Å². The highest BCUT2D eigenvalue weighted by molar-refractivity contribution is 5.78. The molecule has 1 atom stereocenters. The first-order valence-electron chi connectivity index (χ1n) is 6.85. The number of rotatable bonds is 8. The highest BCUT2D eigenvalue weighted by Crippen LogP contribution is 2.10. The fraction of sp³-hybridized carbons (Fsp3) is 0.533. The molecule has 0 bridgehead atoms. The van der Waals surface area contributed by atoms with E-state index >= 15 is 0 Å². The standard InChI is InChI=1S/C15H21F2NO3/c1-10(2)8-21-9-13(19)7-18-15(20)5-11-3-4-12(16)6-14(11)17/h3-4,6,10,13,19H,5,7-9H2,1-2H3,(H,18,20). The minimum Gasteiger partial charge on any atom is -0.389 e. The molecule has 4 nitrogen and oxygen atoms in total. The maximum atomic E-state index is 13.4. The number of amides is 1. The van der Waals surface area contributed by atoms with Gasteiger partial charge in [-0.25, -0.2) is 8.78 Å². The van der Waals surface area contributed by atoms with Crippen LogP contribution in [0.5, 0.6) is 0 Å². The van der Waals surface area contributed by atoms with E-state index in [1.165, 1.54) is 6.07 Å². The molecular weight excluding hydrogens is 280 g/mol. The van der Waals surface area contributed by atoms with Crippen molar-refractivity contribution in [3.05, 3.63) is 35.4 Å². The Balaban J connectivity index is 2.30. The molecule has 21 heavy (non-hydrogen) atoms. The van der Waals surface area contributed by atoms with Crippen molar-refractivity contribution < 1.29 is 23.4 Å². The zero-order valence-corrected chi connectivity index (χ0v) is 12.2. The maximum Gasteiger partial charge on any atom is 0.224 e. The van der Waals surface area contributed by atoms with Gasteiger partial charge in [-0.3, -0.25) is 4.79 Å². The van der Waals surface area contributed by atoms with Crippen LogP contribution in [0, 0.1) is 17.6 Å². The number of hydrogen-bond donors (Lipinski definition) is 2. The lowest BCUT2D eigenvalue weighted by atomic mass is 10.1. The molecule has 0 aromatic heterocycles. The molecule has 1 rings (SSSR count). The van der Waals surface area contributed by atoms with E-state index in [9.17, 15) is 18.7 Å². The van der Waals surface area contributed by atoms with Gasteiger partial charge in [0.25, 0.3) is 0 Å². The summed E-state index contributed by atoms with van der Waals surface area (Å²) in [4.78, 5) is 11.6. The summed E-state index contributed by atoms with van der Waals surface area (Å²) in [5, 5.41) is 12.1. The minimum atomic E-state index is -0.814. The summed E-state index contributed by atoms with van der Waals surface area (Å²) in [6, 6.07) is 3.06. The maximum absolute atomic E-state index is 13.4. The van der Waals surface area contributed by atoms with Gasteiger partial charge in [0.1, 0.15) is 11.6 Å². The molecule has 6 heteroatoms. The van der Waals surface area contributed by atoms with E-state index in [2.05, 4.69) is 5.32 Å². The highest BCUT2D eigenvalue weighted by atomic mass is 19.1. The molecule has 2 N–H and O–H groups in total. The average molecular weight is 301 g/mol. The van der Waals surface area contributed by atoms with Crippen LogP contribution in [-0.4, -0.2) is 36.9 Å². The van der Waals surface area contributed by atoms with Crippen LogP contribution in [0.15, 0.2) is 18.2 Å². The molecule has 118 valence electrons. The number of halogens is 2.